The molecule has 3 aromatic rings. The summed E-state index contributed by atoms with van der Waals surface area (Å²) < 4.78 is 2.40. The second-order valence-corrected chi connectivity index (χ2v) is 8.58. The summed E-state index contributed by atoms with van der Waals surface area (Å²) in [4.78, 5) is 2.19. The predicted octanol–water partition coefficient (Wildman–Crippen LogP) is 5.31. The molecular weight excluding hydrogens is 368 g/mol. The highest BCUT2D eigenvalue weighted by Gasteiger charge is 2.53. The van der Waals surface area contributed by atoms with E-state index in [1.54, 1.807) is 0 Å². The maximum atomic E-state index is 12.1. The van der Waals surface area contributed by atoms with Gasteiger partial charge in [-0.25, -0.2) is 0 Å². The second-order valence-electron chi connectivity index (χ2n) is 8.58. The molecule has 0 aromatic heterocycles. The van der Waals surface area contributed by atoms with Crippen molar-refractivity contribution >= 4 is 11.5 Å². The summed E-state index contributed by atoms with van der Waals surface area (Å²) in [6, 6.07) is 27.4. The first-order valence-electron chi connectivity index (χ1n) is 11.0. The Morgan fingerprint density at radius 1 is 0.800 bits per heavy atom. The van der Waals surface area contributed by atoms with Crippen molar-refractivity contribution < 1.29 is 9.68 Å². The Kier molecular flexibility index (Phi) is 4.92. The molecule has 2 aliphatic rings. The molecule has 2 heterocycles. The van der Waals surface area contributed by atoms with E-state index in [4.69, 9.17) is 0 Å². The molecule has 0 spiro atoms. The average molecular weight is 398 g/mol. The van der Waals surface area contributed by atoms with Gasteiger partial charge in [0.2, 0.25) is 0 Å². The van der Waals surface area contributed by atoms with Crippen LogP contribution in [0.5, 0.6) is 0 Å². The quantitative estimate of drug-likeness (QED) is 0.606. The zero-order valence-corrected chi connectivity index (χ0v) is 17.6. The molecule has 0 amide bonds. The standard InChI is InChI=1S/C27H29N2O/c1-21-11-17-25(18-12-21)29-26-10-6-3-7-19-28(26)20-27(29,30)24-15-13-23(14-16-24)22-8-4-2-5-9-22/h2,4-5,8-9,11-18,30H,3,6-7,10,19-20H2,1H3/q+1. The Morgan fingerprint density at radius 3 is 2.23 bits per heavy atom. The molecule has 2 aliphatic heterocycles. The van der Waals surface area contributed by atoms with Crippen LogP contribution in [0.25, 0.3) is 11.1 Å². The van der Waals surface area contributed by atoms with Gasteiger partial charge in [0.05, 0.1) is 6.54 Å². The van der Waals surface area contributed by atoms with Crippen molar-refractivity contribution in [3.63, 3.8) is 0 Å². The molecule has 0 bridgehead atoms. The summed E-state index contributed by atoms with van der Waals surface area (Å²) in [5, 5.41) is 12.1. The van der Waals surface area contributed by atoms with Crippen molar-refractivity contribution in [1.29, 1.82) is 0 Å². The van der Waals surface area contributed by atoms with E-state index in [0.717, 1.165) is 24.2 Å². The van der Waals surface area contributed by atoms with Crippen molar-refractivity contribution in [2.24, 2.45) is 0 Å². The Hall–Kier alpha value is -2.91. The number of amidine groups is 1. The fourth-order valence-electron chi connectivity index (χ4n) is 4.86. The summed E-state index contributed by atoms with van der Waals surface area (Å²) in [6.07, 6.45) is 4.63. The van der Waals surface area contributed by atoms with Gasteiger partial charge in [-0.1, -0.05) is 72.3 Å². The molecule has 3 heteroatoms. The van der Waals surface area contributed by atoms with Crippen molar-refractivity contribution in [3.05, 3.63) is 90.0 Å². The lowest BCUT2D eigenvalue weighted by atomic mass is 9.96. The fourth-order valence-corrected chi connectivity index (χ4v) is 4.86. The highest BCUT2D eigenvalue weighted by molar-refractivity contribution is 5.97. The average Bonchev–Trinajstić information content (AvgIpc) is 2.91. The number of hydrogen-bond acceptors (Lipinski definition) is 2. The predicted molar refractivity (Wildman–Crippen MR) is 123 cm³/mol. The van der Waals surface area contributed by atoms with Crippen LogP contribution in [0, 0.1) is 6.92 Å². The minimum absolute atomic E-state index is 0.612. The number of anilines is 1. The number of rotatable bonds is 3. The van der Waals surface area contributed by atoms with Gasteiger partial charge >= 0.3 is 0 Å². The van der Waals surface area contributed by atoms with Gasteiger partial charge in [0.25, 0.3) is 11.6 Å². The smallest absolute Gasteiger partial charge is 0.275 e. The van der Waals surface area contributed by atoms with Gasteiger partial charge in [0.1, 0.15) is 5.69 Å². The van der Waals surface area contributed by atoms with E-state index < -0.39 is 5.72 Å². The van der Waals surface area contributed by atoms with E-state index in [0.29, 0.717) is 6.54 Å². The van der Waals surface area contributed by atoms with Gasteiger partial charge in [0, 0.05) is 12.0 Å². The largest absolute Gasteiger partial charge is 0.346 e. The Labute approximate surface area is 178 Å². The fraction of sp³-hybridized carbons (Fsp3) is 0.296. The topological polar surface area (TPSA) is 26.5 Å². The minimum Gasteiger partial charge on any atom is -0.346 e. The molecule has 5 rings (SSSR count). The van der Waals surface area contributed by atoms with Crippen LogP contribution in [0.4, 0.5) is 5.69 Å². The molecule has 0 saturated heterocycles. The van der Waals surface area contributed by atoms with Crippen molar-refractivity contribution in [1.82, 2.24) is 0 Å². The summed E-state index contributed by atoms with van der Waals surface area (Å²) in [7, 11) is 0. The van der Waals surface area contributed by atoms with Crippen LogP contribution in [0.1, 0.15) is 36.8 Å². The van der Waals surface area contributed by atoms with E-state index >= 15 is 0 Å². The molecule has 0 aliphatic carbocycles. The first-order valence-corrected chi connectivity index (χ1v) is 11.0. The maximum Gasteiger partial charge on any atom is 0.275 e. The normalized spacial score (nSPS) is 21.5. The van der Waals surface area contributed by atoms with Crippen molar-refractivity contribution in [3.8, 4) is 11.1 Å². The number of aryl methyl sites for hydroxylation is 1. The highest BCUT2D eigenvalue weighted by Crippen LogP contribution is 2.38. The monoisotopic (exact) mass is 397 g/mol. The zero-order chi connectivity index (χ0) is 20.6. The number of aliphatic hydroxyl groups is 1. The molecule has 30 heavy (non-hydrogen) atoms. The van der Waals surface area contributed by atoms with Crippen LogP contribution in [-0.4, -0.2) is 28.6 Å². The molecule has 1 N–H and O–H groups in total. The molecule has 0 saturated carbocycles. The molecule has 0 radical (unpaired) electrons. The van der Waals surface area contributed by atoms with Crippen LogP contribution in [-0.2, 0) is 5.72 Å². The molecule has 1 atom stereocenters. The van der Waals surface area contributed by atoms with Crippen molar-refractivity contribution in [2.75, 3.05) is 18.0 Å². The number of nitrogens with zero attached hydrogens (tertiary/aromatic N) is 2. The molecule has 3 nitrogen and oxygen atoms in total. The van der Waals surface area contributed by atoms with Crippen LogP contribution < -0.4 is 4.90 Å². The summed E-state index contributed by atoms with van der Waals surface area (Å²) in [5.41, 5.74) is 4.55. The molecule has 3 aromatic carbocycles. The third kappa shape index (κ3) is 3.33. The lowest BCUT2D eigenvalue weighted by Crippen LogP contribution is -2.47. The van der Waals surface area contributed by atoms with Gasteiger partial charge in [0.15, 0.2) is 6.54 Å². The highest BCUT2D eigenvalue weighted by atomic mass is 16.3. The third-order valence-electron chi connectivity index (χ3n) is 6.48. The first kappa shape index (κ1) is 19.1. The van der Waals surface area contributed by atoms with E-state index in [1.165, 1.54) is 41.8 Å². The van der Waals surface area contributed by atoms with Crippen LogP contribution in [0.3, 0.4) is 0 Å². The van der Waals surface area contributed by atoms with E-state index in [9.17, 15) is 5.11 Å². The summed E-state index contributed by atoms with van der Waals surface area (Å²) >= 11 is 0. The zero-order valence-electron chi connectivity index (χ0n) is 17.6. The molecule has 152 valence electrons. The lowest BCUT2D eigenvalue weighted by molar-refractivity contribution is -0.534. The number of benzene rings is 3. The lowest BCUT2D eigenvalue weighted by Gasteiger charge is -2.29. The van der Waals surface area contributed by atoms with Crippen LogP contribution >= 0.6 is 0 Å². The third-order valence-corrected chi connectivity index (χ3v) is 6.48. The molecule has 0 fully saturated rings. The Morgan fingerprint density at radius 2 is 1.50 bits per heavy atom. The van der Waals surface area contributed by atoms with E-state index in [1.807, 2.05) is 6.07 Å². The first-order chi connectivity index (χ1) is 14.6. The van der Waals surface area contributed by atoms with Gasteiger partial charge < -0.3 is 5.11 Å². The summed E-state index contributed by atoms with van der Waals surface area (Å²) in [5.74, 6) is 1.26. The van der Waals surface area contributed by atoms with Gasteiger partial charge in [-0.3, -0.25) is 4.58 Å². The van der Waals surface area contributed by atoms with Crippen LogP contribution in [0.15, 0.2) is 78.9 Å². The summed E-state index contributed by atoms with van der Waals surface area (Å²) in [6.45, 7) is 3.73. The SMILES string of the molecule is Cc1ccc(N2C3=[N+](CCCCC3)CC2(O)c2ccc(-c3ccccc3)cc2)cc1. The van der Waals surface area contributed by atoms with Crippen LogP contribution in [0.2, 0.25) is 0 Å². The van der Waals surface area contributed by atoms with Gasteiger partial charge in [-0.15, -0.1) is 0 Å². The maximum absolute atomic E-state index is 12.1. The second kappa shape index (κ2) is 7.73. The Balaban J connectivity index is 1.56. The minimum atomic E-state index is -1.06. The molecule has 1 unspecified atom stereocenters. The van der Waals surface area contributed by atoms with Gasteiger partial charge in [-0.2, -0.15) is 4.90 Å². The Bertz CT molecular complexity index is 1050. The van der Waals surface area contributed by atoms with Crippen molar-refractivity contribution in [2.45, 2.75) is 38.3 Å². The molecular formula is C27H29N2O+. The number of hydrogen-bond donors (Lipinski definition) is 1. The van der Waals surface area contributed by atoms with Gasteiger partial charge in [-0.05, 0) is 49.4 Å². The van der Waals surface area contributed by atoms with E-state index in [-0.39, 0.29) is 0 Å². The van der Waals surface area contributed by atoms with E-state index in [2.05, 4.69) is 89.2 Å².